The van der Waals surface area contributed by atoms with Crippen LogP contribution < -0.4 is 5.73 Å². The van der Waals surface area contributed by atoms with E-state index in [-0.39, 0.29) is 28.9 Å². The van der Waals surface area contributed by atoms with E-state index in [9.17, 15) is 0 Å². The molecule has 15 heavy (non-hydrogen) atoms. The third kappa shape index (κ3) is 1.81. The highest BCUT2D eigenvalue weighted by Crippen LogP contribution is 2.54. The zero-order valence-corrected chi connectivity index (χ0v) is 12.0. The van der Waals surface area contributed by atoms with Gasteiger partial charge in [-0.1, -0.05) is 34.6 Å². The summed E-state index contributed by atoms with van der Waals surface area (Å²) in [7, 11) is 2.13. The second kappa shape index (κ2) is 3.90. The number of rotatable bonds is 0. The Bertz CT molecular complexity index is 212. The molecule has 0 spiro atoms. The fourth-order valence-corrected chi connectivity index (χ4v) is 2.57. The third-order valence-corrected chi connectivity index (χ3v) is 5.45. The molecule has 3 heteroatoms. The summed E-state index contributed by atoms with van der Waals surface area (Å²) in [6, 6.07) is 0. The van der Waals surface area contributed by atoms with Gasteiger partial charge in [0.25, 0.3) is 0 Å². The summed E-state index contributed by atoms with van der Waals surface area (Å²) in [5.74, 6) is 0.680. The van der Waals surface area contributed by atoms with Crippen LogP contribution in [0.25, 0.3) is 0 Å². The van der Waals surface area contributed by atoms with Crippen molar-refractivity contribution in [3.05, 3.63) is 0 Å². The van der Waals surface area contributed by atoms with Crippen LogP contribution in [0.4, 0.5) is 0 Å². The van der Waals surface area contributed by atoms with Gasteiger partial charge in [-0.05, 0) is 25.3 Å². The van der Waals surface area contributed by atoms with E-state index in [4.69, 9.17) is 5.73 Å². The third-order valence-electron chi connectivity index (χ3n) is 5.45. The molecule has 2 atom stereocenters. The minimum Gasteiger partial charge on any atom is -0.313 e. The van der Waals surface area contributed by atoms with E-state index in [2.05, 4.69) is 53.5 Å². The fraction of sp³-hybridized carbons (Fsp3) is 1.00. The van der Waals surface area contributed by atoms with Crippen molar-refractivity contribution in [2.75, 3.05) is 13.6 Å². The zero-order valence-electron chi connectivity index (χ0n) is 11.2. The van der Waals surface area contributed by atoms with Crippen LogP contribution in [0.3, 0.4) is 0 Å². The highest BCUT2D eigenvalue weighted by molar-refractivity contribution is 5.85. The van der Waals surface area contributed by atoms with Gasteiger partial charge in [-0.3, -0.25) is 4.90 Å². The molecular formula is C12H27ClN2. The van der Waals surface area contributed by atoms with Gasteiger partial charge in [-0.15, -0.1) is 12.4 Å². The number of piperidine rings is 1. The molecule has 0 saturated carbocycles. The first-order valence-corrected chi connectivity index (χ1v) is 5.55. The largest absolute Gasteiger partial charge is 0.313 e. The maximum atomic E-state index is 6.46. The van der Waals surface area contributed by atoms with Crippen LogP contribution in [-0.4, -0.2) is 24.2 Å². The van der Waals surface area contributed by atoms with E-state index in [1.807, 2.05) is 0 Å². The van der Waals surface area contributed by atoms with Gasteiger partial charge >= 0.3 is 0 Å². The topological polar surface area (TPSA) is 29.3 Å². The molecule has 0 radical (unpaired) electrons. The molecule has 1 saturated heterocycles. The molecule has 2 nitrogen and oxygen atoms in total. The lowest BCUT2D eigenvalue weighted by Crippen LogP contribution is -2.71. The Morgan fingerprint density at radius 3 is 1.93 bits per heavy atom. The molecule has 1 rings (SSSR count). The second-order valence-corrected chi connectivity index (χ2v) is 6.28. The lowest BCUT2D eigenvalue weighted by atomic mass is 9.53. The van der Waals surface area contributed by atoms with Crippen LogP contribution in [-0.2, 0) is 0 Å². The van der Waals surface area contributed by atoms with Crippen molar-refractivity contribution in [2.24, 2.45) is 22.5 Å². The van der Waals surface area contributed by atoms with Crippen LogP contribution in [0.5, 0.6) is 0 Å². The quantitative estimate of drug-likeness (QED) is 0.699. The molecule has 2 N–H and O–H groups in total. The summed E-state index contributed by atoms with van der Waals surface area (Å²) in [6.07, 6.45) is 0. The number of halogens is 1. The second-order valence-electron chi connectivity index (χ2n) is 6.28. The minimum atomic E-state index is -0.219. The van der Waals surface area contributed by atoms with Gasteiger partial charge in [-0.25, -0.2) is 0 Å². The summed E-state index contributed by atoms with van der Waals surface area (Å²) >= 11 is 0. The molecule has 1 aliphatic rings. The molecule has 0 aromatic carbocycles. The Morgan fingerprint density at radius 1 is 1.13 bits per heavy atom. The Hall–Kier alpha value is 0.210. The molecule has 0 aliphatic carbocycles. The molecule has 0 aromatic heterocycles. The van der Waals surface area contributed by atoms with E-state index in [0.29, 0.717) is 5.92 Å². The predicted octanol–water partition coefficient (Wildman–Crippen LogP) is 2.72. The van der Waals surface area contributed by atoms with E-state index in [1.165, 1.54) is 0 Å². The van der Waals surface area contributed by atoms with Crippen molar-refractivity contribution in [2.45, 2.75) is 47.2 Å². The number of hydrogen-bond donors (Lipinski definition) is 1. The van der Waals surface area contributed by atoms with Crippen molar-refractivity contribution >= 4 is 12.4 Å². The van der Waals surface area contributed by atoms with E-state index < -0.39 is 0 Å². The van der Waals surface area contributed by atoms with Crippen LogP contribution in [0, 0.1) is 16.7 Å². The van der Waals surface area contributed by atoms with Crippen molar-refractivity contribution in [1.29, 1.82) is 0 Å². The predicted molar refractivity (Wildman–Crippen MR) is 69.2 cm³/mol. The minimum absolute atomic E-state index is 0. The van der Waals surface area contributed by atoms with Gasteiger partial charge in [0.2, 0.25) is 0 Å². The molecule has 2 unspecified atom stereocenters. The zero-order chi connectivity index (χ0) is 11.4. The average molecular weight is 235 g/mol. The number of likely N-dealkylation sites (tertiary alicyclic amines) is 1. The van der Waals surface area contributed by atoms with Crippen LogP contribution in [0.15, 0.2) is 0 Å². The van der Waals surface area contributed by atoms with Gasteiger partial charge in [-0.2, -0.15) is 0 Å². The first-order chi connectivity index (χ1) is 6.05. The Balaban J connectivity index is 0.00000196. The van der Waals surface area contributed by atoms with Crippen LogP contribution in [0.1, 0.15) is 41.5 Å². The lowest BCUT2D eigenvalue weighted by Gasteiger charge is -2.62. The van der Waals surface area contributed by atoms with Gasteiger partial charge in [0.05, 0.1) is 5.66 Å². The lowest BCUT2D eigenvalue weighted by molar-refractivity contribution is -0.139. The van der Waals surface area contributed by atoms with Crippen molar-refractivity contribution in [3.8, 4) is 0 Å². The number of nitrogens with two attached hydrogens (primary N) is 1. The van der Waals surface area contributed by atoms with E-state index in [0.717, 1.165) is 6.54 Å². The van der Waals surface area contributed by atoms with Crippen LogP contribution in [0.2, 0.25) is 0 Å². The molecule has 0 amide bonds. The maximum Gasteiger partial charge on any atom is 0.0713 e. The van der Waals surface area contributed by atoms with Gasteiger partial charge in [0.15, 0.2) is 0 Å². The van der Waals surface area contributed by atoms with Crippen molar-refractivity contribution in [1.82, 2.24) is 4.90 Å². The van der Waals surface area contributed by atoms with Crippen molar-refractivity contribution in [3.63, 3.8) is 0 Å². The average Bonchev–Trinajstić information content (AvgIpc) is 2.01. The molecule has 1 heterocycles. The summed E-state index contributed by atoms with van der Waals surface area (Å²) in [6.45, 7) is 14.8. The Kier molecular flexibility index (Phi) is 3.96. The number of hydrogen-bond acceptors (Lipinski definition) is 2. The SMILES string of the molecule is CC1CN(C)C(C)(N)C(C)(C)C1(C)C.Cl. The van der Waals surface area contributed by atoms with Gasteiger partial charge in [0.1, 0.15) is 0 Å². The highest BCUT2D eigenvalue weighted by Gasteiger charge is 2.56. The Labute approximate surface area is 101 Å². The van der Waals surface area contributed by atoms with Crippen LogP contribution >= 0.6 is 12.4 Å². The molecule has 92 valence electrons. The smallest absolute Gasteiger partial charge is 0.0713 e. The summed E-state index contributed by atoms with van der Waals surface area (Å²) in [5.41, 5.74) is 6.64. The molecule has 1 fully saturated rings. The van der Waals surface area contributed by atoms with Crippen molar-refractivity contribution < 1.29 is 0 Å². The highest BCUT2D eigenvalue weighted by atomic mass is 35.5. The van der Waals surface area contributed by atoms with Gasteiger partial charge in [0, 0.05) is 12.0 Å². The van der Waals surface area contributed by atoms with E-state index >= 15 is 0 Å². The summed E-state index contributed by atoms with van der Waals surface area (Å²) in [5, 5.41) is 0. The van der Waals surface area contributed by atoms with Gasteiger partial charge < -0.3 is 5.73 Å². The Morgan fingerprint density at radius 2 is 1.53 bits per heavy atom. The summed E-state index contributed by atoms with van der Waals surface area (Å²) in [4.78, 5) is 2.29. The molecule has 1 aliphatic heterocycles. The standard InChI is InChI=1S/C12H26N2.ClH/c1-9-8-14(7)12(6,13)11(4,5)10(9,2)3;/h9H,8,13H2,1-7H3;1H. The molecule has 0 bridgehead atoms. The monoisotopic (exact) mass is 234 g/mol. The normalized spacial score (nSPS) is 39.6. The molecule has 0 aromatic rings. The molecular weight excluding hydrogens is 208 g/mol. The summed E-state index contributed by atoms with van der Waals surface area (Å²) < 4.78 is 0. The first kappa shape index (κ1) is 15.2. The fourth-order valence-electron chi connectivity index (χ4n) is 2.57. The first-order valence-electron chi connectivity index (χ1n) is 5.55. The maximum absolute atomic E-state index is 6.46. The number of nitrogens with zero attached hydrogens (tertiary/aromatic N) is 1. The van der Waals surface area contributed by atoms with E-state index in [1.54, 1.807) is 0 Å².